The lowest BCUT2D eigenvalue weighted by Crippen LogP contribution is -2.50. The van der Waals surface area contributed by atoms with Crippen molar-refractivity contribution in [2.24, 2.45) is 11.8 Å². The molecule has 8 heteroatoms. The molecule has 178 valence electrons. The van der Waals surface area contributed by atoms with Crippen LogP contribution in [0.2, 0.25) is 0 Å². The van der Waals surface area contributed by atoms with Crippen LogP contribution < -0.4 is 5.56 Å². The smallest absolute Gasteiger partial charge is 0.311 e. The summed E-state index contributed by atoms with van der Waals surface area (Å²) in [5.74, 6) is -1.94. The molecule has 2 bridgehead atoms. The van der Waals surface area contributed by atoms with E-state index >= 15 is 0 Å². The van der Waals surface area contributed by atoms with Crippen molar-refractivity contribution in [3.05, 3.63) is 69.9 Å². The van der Waals surface area contributed by atoms with Crippen LogP contribution in [-0.2, 0) is 27.3 Å². The van der Waals surface area contributed by atoms with Gasteiger partial charge in [0.15, 0.2) is 0 Å². The van der Waals surface area contributed by atoms with Crippen molar-refractivity contribution in [1.82, 2.24) is 14.5 Å². The summed E-state index contributed by atoms with van der Waals surface area (Å²) in [6.07, 6.45) is 7.89. The Morgan fingerprint density at radius 1 is 1.21 bits per heavy atom. The lowest BCUT2D eigenvalue weighted by molar-refractivity contribution is -0.148. The number of aliphatic hydroxyl groups excluding tert-OH is 1. The number of ether oxygens (including phenoxy) is 1. The van der Waals surface area contributed by atoms with E-state index in [4.69, 9.17) is 4.74 Å². The Balaban J connectivity index is 1.59. The number of hydrogen-bond acceptors (Lipinski definition) is 6. The minimum absolute atomic E-state index is 0.0785. The summed E-state index contributed by atoms with van der Waals surface area (Å²) >= 11 is 0. The molecule has 0 spiro atoms. The standard InChI is InChI=1S/C26H29N3O5/c1-34-26(33)23-19(15-30)21-14-28-20(11-10-18(25(28)32)16-7-3-2-4-8-16)24(23)29(21)22(31)13-17-9-5-6-12-27-17/h5-7,9-12,19,21,23-24,30H,2-4,8,13-15H2,1H3/t19-,21-,23+,24+/m1/s1. The lowest BCUT2D eigenvalue weighted by atomic mass is 9.87. The van der Waals surface area contributed by atoms with Crippen LogP contribution >= 0.6 is 0 Å². The monoisotopic (exact) mass is 463 g/mol. The van der Waals surface area contributed by atoms with E-state index in [9.17, 15) is 19.5 Å². The summed E-state index contributed by atoms with van der Waals surface area (Å²) < 4.78 is 6.79. The predicted octanol–water partition coefficient (Wildman–Crippen LogP) is 2.11. The van der Waals surface area contributed by atoms with E-state index in [2.05, 4.69) is 11.1 Å². The second kappa shape index (κ2) is 9.18. The van der Waals surface area contributed by atoms with Crippen LogP contribution in [0.1, 0.15) is 48.7 Å². The molecule has 5 rings (SSSR count). The Labute approximate surface area is 197 Å². The number of esters is 1. The Kier molecular flexibility index (Phi) is 6.08. The summed E-state index contributed by atoms with van der Waals surface area (Å²) in [5.41, 5.74) is 2.90. The third-order valence-electron chi connectivity index (χ3n) is 7.50. The third-order valence-corrected chi connectivity index (χ3v) is 7.50. The molecule has 0 radical (unpaired) electrons. The Morgan fingerprint density at radius 3 is 2.74 bits per heavy atom. The van der Waals surface area contributed by atoms with Gasteiger partial charge in [-0.05, 0) is 55.5 Å². The van der Waals surface area contributed by atoms with Crippen LogP contribution in [0.25, 0.3) is 5.57 Å². The Morgan fingerprint density at radius 2 is 2.06 bits per heavy atom. The van der Waals surface area contributed by atoms with Crippen molar-refractivity contribution in [3.8, 4) is 0 Å². The van der Waals surface area contributed by atoms with Gasteiger partial charge in [-0.3, -0.25) is 19.4 Å². The molecule has 2 aromatic rings. The first kappa shape index (κ1) is 22.5. The molecule has 1 aliphatic carbocycles. The highest BCUT2D eigenvalue weighted by atomic mass is 16.5. The van der Waals surface area contributed by atoms with Gasteiger partial charge in [-0.2, -0.15) is 0 Å². The van der Waals surface area contributed by atoms with Gasteiger partial charge in [0.2, 0.25) is 5.91 Å². The number of rotatable bonds is 5. The number of fused-ring (bicyclic) bond motifs is 4. The average Bonchev–Trinajstić information content (AvgIpc) is 3.12. The second-order valence-electron chi connectivity index (χ2n) is 9.27. The second-order valence-corrected chi connectivity index (χ2v) is 9.27. The first-order chi connectivity index (χ1) is 16.5. The van der Waals surface area contributed by atoms with Crippen LogP contribution in [0.15, 0.2) is 47.4 Å². The molecule has 8 nitrogen and oxygen atoms in total. The van der Waals surface area contributed by atoms with Crippen molar-refractivity contribution < 1.29 is 19.4 Å². The zero-order valence-corrected chi connectivity index (χ0v) is 19.2. The number of amides is 1. The van der Waals surface area contributed by atoms with Crippen molar-refractivity contribution in [2.75, 3.05) is 13.7 Å². The maximum atomic E-state index is 13.6. The molecule has 2 aromatic heterocycles. The van der Waals surface area contributed by atoms with E-state index in [1.54, 1.807) is 27.8 Å². The molecule has 34 heavy (non-hydrogen) atoms. The molecule has 1 amide bonds. The van der Waals surface area contributed by atoms with Crippen LogP contribution in [0.5, 0.6) is 0 Å². The van der Waals surface area contributed by atoms with Crippen LogP contribution in [0.3, 0.4) is 0 Å². The lowest BCUT2D eigenvalue weighted by Gasteiger charge is -2.38. The molecular weight excluding hydrogens is 434 g/mol. The van der Waals surface area contributed by atoms with Gasteiger partial charge in [0, 0.05) is 42.2 Å². The number of pyridine rings is 2. The van der Waals surface area contributed by atoms with Gasteiger partial charge in [0.1, 0.15) is 0 Å². The fourth-order valence-corrected chi connectivity index (χ4v) is 5.93. The van der Waals surface area contributed by atoms with Crippen LogP contribution in [0.4, 0.5) is 0 Å². The summed E-state index contributed by atoms with van der Waals surface area (Å²) in [6, 6.07) is 7.92. The highest BCUT2D eigenvalue weighted by Gasteiger charge is 2.57. The fourth-order valence-electron chi connectivity index (χ4n) is 5.93. The average molecular weight is 464 g/mol. The first-order valence-corrected chi connectivity index (χ1v) is 11.9. The van der Waals surface area contributed by atoms with Gasteiger partial charge < -0.3 is 19.3 Å². The molecular formula is C26H29N3O5. The Bertz CT molecular complexity index is 1190. The van der Waals surface area contributed by atoms with Crippen LogP contribution in [-0.4, -0.2) is 51.2 Å². The molecule has 1 fully saturated rings. The number of carbonyl (C=O) groups is 2. The molecule has 0 unspecified atom stereocenters. The third kappa shape index (κ3) is 3.66. The summed E-state index contributed by atoms with van der Waals surface area (Å²) in [6.45, 7) is -0.0481. The van der Waals surface area contributed by atoms with E-state index in [-0.39, 0.29) is 31.0 Å². The predicted molar refractivity (Wildman–Crippen MR) is 125 cm³/mol. The fraction of sp³-hybridized carbons (Fsp3) is 0.462. The minimum Gasteiger partial charge on any atom is -0.469 e. The molecule has 0 aromatic carbocycles. The van der Waals surface area contributed by atoms with Crippen molar-refractivity contribution in [2.45, 2.75) is 50.7 Å². The van der Waals surface area contributed by atoms with Gasteiger partial charge >= 0.3 is 5.97 Å². The van der Waals surface area contributed by atoms with Gasteiger partial charge in [-0.1, -0.05) is 12.1 Å². The van der Waals surface area contributed by atoms with Gasteiger partial charge in [-0.25, -0.2) is 0 Å². The van der Waals surface area contributed by atoms with Crippen molar-refractivity contribution >= 4 is 17.4 Å². The number of aromatic nitrogens is 2. The molecule has 3 aliphatic rings. The maximum absolute atomic E-state index is 13.6. The molecule has 0 saturated carbocycles. The van der Waals surface area contributed by atoms with E-state index < -0.39 is 29.9 Å². The largest absolute Gasteiger partial charge is 0.469 e. The highest BCUT2D eigenvalue weighted by molar-refractivity contribution is 5.83. The summed E-state index contributed by atoms with van der Waals surface area (Å²) in [7, 11) is 1.31. The molecule has 1 N–H and O–H groups in total. The van der Waals surface area contributed by atoms with Crippen molar-refractivity contribution in [1.29, 1.82) is 0 Å². The van der Waals surface area contributed by atoms with Gasteiger partial charge in [0.25, 0.3) is 5.56 Å². The number of nitrogens with zero attached hydrogens (tertiary/aromatic N) is 3. The Hall–Kier alpha value is -3.26. The first-order valence-electron chi connectivity index (χ1n) is 11.9. The van der Waals surface area contributed by atoms with Crippen molar-refractivity contribution in [3.63, 3.8) is 0 Å². The SMILES string of the molecule is COC(=O)[C@H]1[C@H](CO)[C@H]2Cn3c(ccc(C4=CCCCC4)c3=O)[C@@H]1N2C(=O)Cc1ccccn1. The topological polar surface area (TPSA) is 102 Å². The van der Waals surface area contributed by atoms with Gasteiger partial charge in [-0.15, -0.1) is 0 Å². The molecule has 2 aliphatic heterocycles. The van der Waals surface area contributed by atoms with E-state index in [1.165, 1.54) is 7.11 Å². The highest BCUT2D eigenvalue weighted by Crippen LogP contribution is 2.49. The zero-order chi connectivity index (χ0) is 23.8. The number of hydrogen-bond donors (Lipinski definition) is 1. The number of allylic oxidation sites excluding steroid dienone is 2. The number of carbonyl (C=O) groups excluding carboxylic acids is 2. The summed E-state index contributed by atoms with van der Waals surface area (Å²) in [4.78, 5) is 45.9. The number of aliphatic hydroxyl groups is 1. The normalized spacial score (nSPS) is 25.5. The van der Waals surface area contributed by atoms with E-state index in [0.29, 0.717) is 17.0 Å². The van der Waals surface area contributed by atoms with Crippen LogP contribution in [0, 0.1) is 11.8 Å². The molecule has 1 saturated heterocycles. The zero-order valence-electron chi connectivity index (χ0n) is 19.2. The molecule has 4 atom stereocenters. The quantitative estimate of drug-likeness (QED) is 0.682. The maximum Gasteiger partial charge on any atom is 0.311 e. The van der Waals surface area contributed by atoms with Gasteiger partial charge in [0.05, 0.1) is 31.5 Å². The molecule has 4 heterocycles. The number of methoxy groups -OCH3 is 1. The summed E-state index contributed by atoms with van der Waals surface area (Å²) in [5, 5.41) is 10.3. The van der Waals surface area contributed by atoms with E-state index in [0.717, 1.165) is 31.3 Å². The minimum atomic E-state index is -0.749. The van der Waals surface area contributed by atoms with E-state index in [1.807, 2.05) is 18.2 Å².